The van der Waals surface area contributed by atoms with Crippen LogP contribution in [-0.2, 0) is 16.1 Å². The molecule has 1 aromatic carbocycles. The number of ether oxygens (including phenoxy) is 1. The van der Waals surface area contributed by atoms with Crippen LogP contribution >= 0.6 is 11.6 Å². The van der Waals surface area contributed by atoms with Crippen molar-refractivity contribution in [3.8, 4) is 11.4 Å². The number of furan rings is 1. The number of nitrogens with one attached hydrogen (secondary N) is 1. The van der Waals surface area contributed by atoms with E-state index in [0.29, 0.717) is 16.4 Å². The van der Waals surface area contributed by atoms with Crippen molar-refractivity contribution in [2.24, 2.45) is 5.92 Å². The smallest absolute Gasteiger partial charge is 0.329 e. The Labute approximate surface area is 165 Å². The van der Waals surface area contributed by atoms with Gasteiger partial charge in [0.25, 0.3) is 11.8 Å². The second-order valence-corrected chi connectivity index (χ2v) is 6.74. The number of rotatable bonds is 7. The van der Waals surface area contributed by atoms with E-state index in [0.717, 1.165) is 0 Å². The topological polar surface area (TPSA) is 107 Å². The number of carbonyl (C=O) groups is 2. The third kappa shape index (κ3) is 4.77. The lowest BCUT2D eigenvalue weighted by Gasteiger charge is -2.19. The van der Waals surface area contributed by atoms with Gasteiger partial charge in [-0.2, -0.15) is 4.98 Å². The third-order valence-electron chi connectivity index (χ3n) is 3.84. The molecule has 28 heavy (non-hydrogen) atoms. The number of aromatic nitrogens is 2. The van der Waals surface area contributed by atoms with Crippen molar-refractivity contribution in [3.05, 3.63) is 59.3 Å². The van der Waals surface area contributed by atoms with E-state index < -0.39 is 17.9 Å². The largest absolute Gasteiger partial charge is 0.459 e. The van der Waals surface area contributed by atoms with Gasteiger partial charge in [-0.3, -0.25) is 4.79 Å². The molecule has 9 heteroatoms. The molecule has 0 spiro atoms. The van der Waals surface area contributed by atoms with Crippen molar-refractivity contribution in [1.29, 1.82) is 0 Å². The minimum absolute atomic E-state index is 0.113. The maximum Gasteiger partial charge on any atom is 0.329 e. The first-order chi connectivity index (χ1) is 13.4. The number of halogens is 1. The lowest BCUT2D eigenvalue weighted by molar-refractivity contribution is -0.149. The van der Waals surface area contributed by atoms with Crippen LogP contribution in [0.2, 0.25) is 5.02 Å². The molecule has 0 aliphatic rings. The summed E-state index contributed by atoms with van der Waals surface area (Å²) in [4.78, 5) is 28.7. The van der Waals surface area contributed by atoms with Gasteiger partial charge < -0.3 is 19.0 Å². The highest BCUT2D eigenvalue weighted by molar-refractivity contribution is 6.30. The zero-order valence-corrected chi connectivity index (χ0v) is 16.0. The fourth-order valence-corrected chi connectivity index (χ4v) is 2.59. The highest BCUT2D eigenvalue weighted by Gasteiger charge is 2.27. The zero-order chi connectivity index (χ0) is 20.1. The molecule has 2 aromatic heterocycles. The molecule has 0 fully saturated rings. The summed E-state index contributed by atoms with van der Waals surface area (Å²) < 4.78 is 15.4. The monoisotopic (exact) mass is 403 g/mol. The quantitative estimate of drug-likeness (QED) is 0.601. The number of esters is 1. The molecule has 0 saturated heterocycles. The SMILES string of the molecule is CC(C)[C@H](NC(=O)c1ccco1)C(=O)OCc1nc(-c2cccc(Cl)c2)no1. The van der Waals surface area contributed by atoms with Gasteiger partial charge >= 0.3 is 5.97 Å². The molecule has 0 aliphatic heterocycles. The number of hydrogen-bond donors (Lipinski definition) is 1. The van der Waals surface area contributed by atoms with Crippen LogP contribution < -0.4 is 5.32 Å². The molecule has 1 N–H and O–H groups in total. The Kier molecular flexibility index (Phi) is 6.10. The number of nitrogens with zero attached hydrogens (tertiary/aromatic N) is 2. The normalized spacial score (nSPS) is 12.0. The second-order valence-electron chi connectivity index (χ2n) is 6.30. The lowest BCUT2D eigenvalue weighted by atomic mass is 10.0. The van der Waals surface area contributed by atoms with E-state index in [1.807, 2.05) is 0 Å². The minimum atomic E-state index is -0.854. The minimum Gasteiger partial charge on any atom is -0.459 e. The van der Waals surface area contributed by atoms with Crippen molar-refractivity contribution in [2.45, 2.75) is 26.5 Å². The van der Waals surface area contributed by atoms with Crippen LogP contribution in [0, 0.1) is 5.92 Å². The Bertz CT molecular complexity index is 952. The first-order valence-corrected chi connectivity index (χ1v) is 8.91. The van der Waals surface area contributed by atoms with Gasteiger partial charge in [0, 0.05) is 10.6 Å². The van der Waals surface area contributed by atoms with Crippen LogP contribution in [0.4, 0.5) is 0 Å². The van der Waals surface area contributed by atoms with Gasteiger partial charge in [0.05, 0.1) is 6.26 Å². The summed E-state index contributed by atoms with van der Waals surface area (Å²) in [6.07, 6.45) is 1.38. The predicted octanol–water partition coefficient (Wildman–Crippen LogP) is 3.48. The maximum absolute atomic E-state index is 12.4. The number of carbonyl (C=O) groups excluding carboxylic acids is 2. The molecule has 1 atom stereocenters. The maximum atomic E-state index is 12.4. The summed E-state index contributed by atoms with van der Waals surface area (Å²) in [5, 5.41) is 7.00. The van der Waals surface area contributed by atoms with E-state index in [1.165, 1.54) is 12.3 Å². The lowest BCUT2D eigenvalue weighted by Crippen LogP contribution is -2.45. The number of hydrogen-bond acceptors (Lipinski definition) is 7. The Hall–Kier alpha value is -3.13. The van der Waals surface area contributed by atoms with Crippen molar-refractivity contribution in [1.82, 2.24) is 15.5 Å². The fraction of sp³-hybridized carbons (Fsp3) is 0.263. The molecule has 2 heterocycles. The molecular formula is C19H18ClN3O5. The van der Waals surface area contributed by atoms with Gasteiger partial charge in [0.15, 0.2) is 12.4 Å². The summed E-state index contributed by atoms with van der Waals surface area (Å²) in [5.41, 5.74) is 0.680. The Balaban J connectivity index is 1.61. The van der Waals surface area contributed by atoms with Gasteiger partial charge in [-0.1, -0.05) is 42.7 Å². The van der Waals surface area contributed by atoms with Gasteiger partial charge in [-0.15, -0.1) is 0 Å². The molecule has 0 radical (unpaired) electrons. The van der Waals surface area contributed by atoms with E-state index in [-0.39, 0.29) is 24.2 Å². The summed E-state index contributed by atoms with van der Waals surface area (Å²) in [6.45, 7) is 3.36. The van der Waals surface area contributed by atoms with Crippen LogP contribution in [-0.4, -0.2) is 28.1 Å². The second kappa shape index (κ2) is 8.71. The molecule has 0 unspecified atom stereocenters. The molecule has 0 saturated carbocycles. The first-order valence-electron chi connectivity index (χ1n) is 8.53. The van der Waals surface area contributed by atoms with Crippen molar-refractivity contribution < 1.29 is 23.3 Å². The standard InChI is InChI=1S/C19H18ClN3O5/c1-11(2)16(22-18(24)14-7-4-8-26-14)19(25)27-10-15-21-17(23-28-15)12-5-3-6-13(20)9-12/h3-9,11,16H,10H2,1-2H3,(H,22,24)/t16-/m0/s1. The van der Waals surface area contributed by atoms with Crippen LogP contribution in [0.15, 0.2) is 51.6 Å². The van der Waals surface area contributed by atoms with E-state index in [2.05, 4.69) is 15.5 Å². The molecular weight excluding hydrogens is 386 g/mol. The molecule has 1 amide bonds. The highest BCUT2D eigenvalue weighted by atomic mass is 35.5. The van der Waals surface area contributed by atoms with Crippen molar-refractivity contribution in [2.75, 3.05) is 0 Å². The van der Waals surface area contributed by atoms with Gasteiger partial charge in [0.2, 0.25) is 5.82 Å². The average molecular weight is 404 g/mol. The van der Waals surface area contributed by atoms with E-state index in [9.17, 15) is 9.59 Å². The third-order valence-corrected chi connectivity index (χ3v) is 4.08. The van der Waals surface area contributed by atoms with Crippen LogP contribution in [0.5, 0.6) is 0 Å². The van der Waals surface area contributed by atoms with Crippen molar-refractivity contribution in [3.63, 3.8) is 0 Å². The molecule has 0 bridgehead atoms. The van der Waals surface area contributed by atoms with Gasteiger partial charge in [-0.05, 0) is 30.2 Å². The Morgan fingerprint density at radius 1 is 1.25 bits per heavy atom. The van der Waals surface area contributed by atoms with Gasteiger partial charge in [0.1, 0.15) is 6.04 Å². The number of benzene rings is 1. The fourth-order valence-electron chi connectivity index (χ4n) is 2.40. The average Bonchev–Trinajstić information content (AvgIpc) is 3.35. The summed E-state index contributed by atoms with van der Waals surface area (Å²) >= 11 is 5.95. The molecule has 8 nitrogen and oxygen atoms in total. The summed E-state index contributed by atoms with van der Waals surface area (Å²) in [5.74, 6) is -0.736. The molecule has 3 rings (SSSR count). The number of amides is 1. The van der Waals surface area contributed by atoms with Crippen LogP contribution in [0.25, 0.3) is 11.4 Å². The zero-order valence-electron chi connectivity index (χ0n) is 15.2. The van der Waals surface area contributed by atoms with Gasteiger partial charge in [-0.25, -0.2) is 4.79 Å². The van der Waals surface area contributed by atoms with E-state index in [1.54, 1.807) is 44.2 Å². The van der Waals surface area contributed by atoms with Crippen molar-refractivity contribution >= 4 is 23.5 Å². The highest BCUT2D eigenvalue weighted by Crippen LogP contribution is 2.20. The summed E-state index contributed by atoms with van der Waals surface area (Å²) in [6, 6.07) is 9.22. The van der Waals surface area contributed by atoms with E-state index in [4.69, 9.17) is 25.3 Å². The Morgan fingerprint density at radius 2 is 2.07 bits per heavy atom. The first kappa shape index (κ1) is 19.6. The predicted molar refractivity (Wildman–Crippen MR) is 99.3 cm³/mol. The van der Waals surface area contributed by atoms with E-state index >= 15 is 0 Å². The Morgan fingerprint density at radius 3 is 2.75 bits per heavy atom. The summed E-state index contributed by atoms with van der Waals surface area (Å²) in [7, 11) is 0. The molecule has 0 aliphatic carbocycles. The molecule has 146 valence electrons. The van der Waals surface area contributed by atoms with Crippen LogP contribution in [0.1, 0.15) is 30.3 Å². The molecule has 3 aromatic rings. The van der Waals surface area contributed by atoms with Crippen LogP contribution in [0.3, 0.4) is 0 Å².